The molecule has 572 valence electrons. The van der Waals surface area contributed by atoms with Crippen LogP contribution in [-0.4, -0.2) is 74.9 Å². The van der Waals surface area contributed by atoms with Crippen LogP contribution in [0.5, 0.6) is 0 Å². The van der Waals surface area contributed by atoms with Gasteiger partial charge in [-0.15, -0.1) is 0 Å². The summed E-state index contributed by atoms with van der Waals surface area (Å²) in [5, 5.41) is 0. The van der Waals surface area contributed by atoms with Crippen LogP contribution in [0.1, 0.15) is 284 Å². The van der Waals surface area contributed by atoms with Gasteiger partial charge in [0.2, 0.25) is 0 Å². The first-order valence-corrected chi connectivity index (χ1v) is 41.6. The highest BCUT2D eigenvalue weighted by molar-refractivity contribution is 7.47. The topological polar surface area (TPSA) is 108 Å². The number of hydrogen-bond acceptors (Lipinski definition) is 7. The third-order valence-electron chi connectivity index (χ3n) is 16.2. The number of esters is 2. The molecule has 0 radical (unpaired) electrons. The molecule has 0 aliphatic heterocycles. The Kier molecular flexibility index (Phi) is 74.6. The number of phosphoric ester groups is 1. The molecule has 2 unspecified atom stereocenters. The second-order valence-corrected chi connectivity index (χ2v) is 28.4. The molecule has 102 heavy (non-hydrogen) atoms. The van der Waals surface area contributed by atoms with Gasteiger partial charge >= 0.3 is 19.8 Å². The number of phosphoric acid groups is 1. The highest BCUT2D eigenvalue weighted by atomic mass is 31.2. The number of quaternary nitrogens is 1. The Morgan fingerprint density at radius 3 is 0.794 bits per heavy atom. The number of carbonyl (C=O) groups is 2. The number of likely N-dealkylation sites (N-methyl/N-ethyl adjacent to an activating group) is 1. The molecule has 0 bridgehead atoms. The zero-order chi connectivity index (χ0) is 74.0. The SMILES string of the molecule is CC/C=C\C/C=C\C/C=C\C/C=C\C/C=C\C/C=C\C/C=C\C/C=C\C/C=C\C/C=C\C/C=C\CCCCCC(=O)OC(COC(=O)CCCCCCCCCCCCCCCCCC/C=C\C/C=C\C/C=C\C/C=C\C/C=C\C/C=C\C/C=C\C/C=C\CC)COP(=O)(O)OCC[N+](C)(C)C. The van der Waals surface area contributed by atoms with Crippen LogP contribution >= 0.6 is 7.82 Å². The fraction of sp³-hybridized carbons (Fsp3) is 0.565. The molecule has 0 aliphatic rings. The van der Waals surface area contributed by atoms with Crippen molar-refractivity contribution in [2.24, 2.45) is 0 Å². The number of hydrogen-bond donors (Lipinski definition) is 1. The summed E-state index contributed by atoms with van der Waals surface area (Å²) in [6.07, 6.45) is 128. The van der Waals surface area contributed by atoms with E-state index in [-0.39, 0.29) is 32.0 Å². The first-order chi connectivity index (χ1) is 50.0. The minimum atomic E-state index is -4.42. The molecule has 0 aromatic carbocycles. The van der Waals surface area contributed by atoms with E-state index in [0.717, 1.165) is 161 Å². The van der Waals surface area contributed by atoms with Crippen molar-refractivity contribution in [1.82, 2.24) is 0 Å². The van der Waals surface area contributed by atoms with Gasteiger partial charge in [-0.2, -0.15) is 0 Å². The zero-order valence-electron chi connectivity index (χ0n) is 65.2. The van der Waals surface area contributed by atoms with Crippen LogP contribution in [-0.2, 0) is 32.7 Å². The van der Waals surface area contributed by atoms with Crippen molar-refractivity contribution >= 4 is 19.8 Å². The summed E-state index contributed by atoms with van der Waals surface area (Å²) in [6, 6.07) is 0. The third-order valence-corrected chi connectivity index (χ3v) is 17.2. The average molecular weight is 1430 g/mol. The van der Waals surface area contributed by atoms with E-state index >= 15 is 0 Å². The maximum Gasteiger partial charge on any atom is 0.472 e. The van der Waals surface area contributed by atoms with Crippen molar-refractivity contribution in [2.75, 3.05) is 47.5 Å². The smallest absolute Gasteiger partial charge is 0.462 e. The van der Waals surface area contributed by atoms with Crippen molar-refractivity contribution < 1.29 is 42.1 Å². The summed E-state index contributed by atoms with van der Waals surface area (Å²) in [7, 11) is 1.43. The van der Waals surface area contributed by atoms with Crippen LogP contribution in [0.3, 0.4) is 0 Å². The predicted molar refractivity (Wildman–Crippen MR) is 444 cm³/mol. The fourth-order valence-electron chi connectivity index (χ4n) is 10.2. The van der Waals surface area contributed by atoms with Crippen LogP contribution in [0, 0.1) is 0 Å². The number of unbranched alkanes of at least 4 members (excludes halogenated alkanes) is 19. The maximum atomic E-state index is 12.9. The van der Waals surface area contributed by atoms with Crippen molar-refractivity contribution in [3.05, 3.63) is 231 Å². The number of ether oxygens (including phenoxy) is 2. The lowest BCUT2D eigenvalue weighted by Gasteiger charge is -2.24. The largest absolute Gasteiger partial charge is 0.472 e. The van der Waals surface area contributed by atoms with Crippen LogP contribution in [0.25, 0.3) is 0 Å². The highest BCUT2D eigenvalue weighted by Gasteiger charge is 2.27. The molecule has 2 atom stereocenters. The summed E-state index contributed by atoms with van der Waals surface area (Å²) in [5.41, 5.74) is 0. The molecule has 0 aromatic rings. The second-order valence-electron chi connectivity index (χ2n) is 27.0. The Morgan fingerprint density at radius 1 is 0.304 bits per heavy atom. The van der Waals surface area contributed by atoms with Gasteiger partial charge in [0.25, 0.3) is 0 Å². The van der Waals surface area contributed by atoms with Crippen molar-refractivity contribution in [3.63, 3.8) is 0 Å². The summed E-state index contributed by atoms with van der Waals surface area (Å²) in [5.74, 6) is -0.847. The van der Waals surface area contributed by atoms with Crippen LogP contribution in [0.2, 0.25) is 0 Å². The molecule has 0 saturated carbocycles. The van der Waals surface area contributed by atoms with E-state index in [2.05, 4.69) is 245 Å². The quantitative estimate of drug-likeness (QED) is 0.0211. The fourth-order valence-corrected chi connectivity index (χ4v) is 10.9. The average Bonchev–Trinajstić information content (AvgIpc) is 0.913. The summed E-state index contributed by atoms with van der Waals surface area (Å²) >= 11 is 0. The van der Waals surface area contributed by atoms with E-state index in [4.69, 9.17) is 18.5 Å². The second kappa shape index (κ2) is 79.2. The highest BCUT2D eigenvalue weighted by Crippen LogP contribution is 2.43. The van der Waals surface area contributed by atoms with Crippen molar-refractivity contribution in [3.8, 4) is 0 Å². The Labute approximate surface area is 626 Å². The van der Waals surface area contributed by atoms with Gasteiger partial charge < -0.3 is 18.9 Å². The Balaban J connectivity index is 4.11. The van der Waals surface area contributed by atoms with E-state index in [0.29, 0.717) is 17.4 Å². The number of nitrogens with zero attached hydrogens (tertiary/aromatic N) is 1. The van der Waals surface area contributed by atoms with E-state index in [1.165, 1.54) is 89.9 Å². The lowest BCUT2D eigenvalue weighted by Crippen LogP contribution is -2.37. The molecular weight excluding hydrogens is 1280 g/mol. The molecule has 0 saturated heterocycles. The predicted octanol–water partition coefficient (Wildman–Crippen LogP) is 27.3. The van der Waals surface area contributed by atoms with E-state index in [1.54, 1.807) is 0 Å². The lowest BCUT2D eigenvalue weighted by molar-refractivity contribution is -0.870. The molecule has 0 rings (SSSR count). The standard InChI is InChI=1S/C92H146NO8P/c1-6-8-10-12-14-16-18-20-22-24-26-28-30-32-34-36-38-40-42-44-45-46-47-49-50-52-54-56-58-60-62-64-66-68-70-72-74-76-78-80-82-84-91(94)98-88-90(89-100-102(96,97)99-87-86-93(3,4)5)101-92(95)85-83-81-79-77-75-73-71-69-67-65-63-61-59-57-55-53-51-48-43-41-39-37-35-33-31-29-27-25-23-21-19-17-15-13-11-9-7-2/h8-11,14-17,20-23,26-29,32-35,38-41,44-45,47-49,51,55,57,61,63,67,69,73,75,90H,6-7,12-13,18-19,24-25,30-31,36-37,42-43,46,50,52-54,56,58-60,62,64-66,68,70-72,74,76-89H2,1-5H3/p+1/b10-8-,11-9-,16-14-,17-15-,22-20-,23-21-,28-26-,29-27-,34-32-,35-33-,40-38-,41-39-,45-44-,49-47-,51-48-,57-55-,63-61-,69-67-,75-73-. The molecule has 0 heterocycles. The first-order valence-electron chi connectivity index (χ1n) is 40.1. The summed E-state index contributed by atoms with van der Waals surface area (Å²) in [4.78, 5) is 36.0. The first kappa shape index (κ1) is 96.1. The number of rotatable bonds is 71. The Morgan fingerprint density at radius 2 is 0.529 bits per heavy atom. The van der Waals surface area contributed by atoms with Crippen molar-refractivity contribution in [2.45, 2.75) is 290 Å². The van der Waals surface area contributed by atoms with E-state index in [1.807, 2.05) is 21.1 Å². The van der Waals surface area contributed by atoms with Crippen LogP contribution in [0.15, 0.2) is 231 Å². The van der Waals surface area contributed by atoms with E-state index < -0.39 is 26.5 Å². The van der Waals surface area contributed by atoms with Gasteiger partial charge in [-0.3, -0.25) is 18.6 Å². The van der Waals surface area contributed by atoms with Gasteiger partial charge in [-0.1, -0.05) is 341 Å². The lowest BCUT2D eigenvalue weighted by atomic mass is 10.0. The van der Waals surface area contributed by atoms with Crippen molar-refractivity contribution in [1.29, 1.82) is 0 Å². The molecular formula is C92H147NO8P+. The van der Waals surface area contributed by atoms with Crippen LogP contribution in [0.4, 0.5) is 0 Å². The molecule has 10 heteroatoms. The molecule has 0 fully saturated rings. The van der Waals surface area contributed by atoms with Gasteiger partial charge in [0.05, 0.1) is 27.7 Å². The number of carbonyl (C=O) groups excluding carboxylic acids is 2. The Hall–Kier alpha value is -5.93. The van der Waals surface area contributed by atoms with E-state index in [9.17, 15) is 19.0 Å². The number of allylic oxidation sites excluding steroid dienone is 38. The maximum absolute atomic E-state index is 12.9. The monoisotopic (exact) mass is 1430 g/mol. The summed E-state index contributed by atoms with van der Waals surface area (Å²) < 4.78 is 34.7. The molecule has 0 spiro atoms. The minimum absolute atomic E-state index is 0.0139. The molecule has 0 aromatic heterocycles. The third kappa shape index (κ3) is 83.0. The molecule has 0 aliphatic carbocycles. The van der Waals surface area contributed by atoms with Gasteiger partial charge in [-0.05, 0) is 161 Å². The zero-order valence-corrected chi connectivity index (χ0v) is 66.1. The summed E-state index contributed by atoms with van der Waals surface area (Å²) in [6.45, 7) is 4.15. The van der Waals surface area contributed by atoms with Gasteiger partial charge in [0.1, 0.15) is 19.8 Å². The van der Waals surface area contributed by atoms with Gasteiger partial charge in [-0.25, -0.2) is 4.57 Å². The molecule has 0 amide bonds. The van der Waals surface area contributed by atoms with Gasteiger partial charge in [0, 0.05) is 12.8 Å². The molecule has 9 nitrogen and oxygen atoms in total. The minimum Gasteiger partial charge on any atom is -0.462 e. The van der Waals surface area contributed by atoms with Crippen LogP contribution < -0.4 is 0 Å². The molecule has 1 N–H and O–H groups in total. The Bertz CT molecular complexity index is 2580. The normalized spacial score (nSPS) is 14.3. The van der Waals surface area contributed by atoms with Gasteiger partial charge in [0.15, 0.2) is 6.10 Å².